The van der Waals surface area contributed by atoms with E-state index in [0.29, 0.717) is 5.92 Å². The van der Waals surface area contributed by atoms with Gasteiger partial charge >= 0.3 is 0 Å². The summed E-state index contributed by atoms with van der Waals surface area (Å²) >= 11 is 0. The maximum absolute atomic E-state index is 4.23. The summed E-state index contributed by atoms with van der Waals surface area (Å²) in [7, 11) is 0. The number of pyridine rings is 1. The molecule has 1 aromatic heterocycles. The molecule has 1 nitrogen and oxygen atoms in total. The first kappa shape index (κ1) is 14.2. The largest absolute Gasteiger partial charge is 0.264 e. The highest BCUT2D eigenvalue weighted by molar-refractivity contribution is 5.24. The second-order valence-corrected chi connectivity index (χ2v) is 4.63. The van der Waals surface area contributed by atoms with Crippen molar-refractivity contribution in [2.75, 3.05) is 0 Å². The van der Waals surface area contributed by atoms with Gasteiger partial charge in [-0.15, -0.1) is 0 Å². The van der Waals surface area contributed by atoms with Crippen LogP contribution in [-0.2, 0) is 5.41 Å². The molecule has 0 unspecified atom stereocenters. The molecule has 0 saturated carbocycles. The van der Waals surface area contributed by atoms with Gasteiger partial charge in [-0.1, -0.05) is 47.6 Å². The van der Waals surface area contributed by atoms with Crippen LogP contribution in [0.2, 0.25) is 0 Å². The lowest BCUT2D eigenvalue weighted by atomic mass is 9.76. The molecular formula is C14H25N. The van der Waals surface area contributed by atoms with Gasteiger partial charge in [0.2, 0.25) is 0 Å². The fourth-order valence-corrected chi connectivity index (χ4v) is 1.24. The van der Waals surface area contributed by atoms with Crippen molar-refractivity contribution in [3.05, 3.63) is 29.6 Å². The molecule has 0 fully saturated rings. The second-order valence-electron chi connectivity index (χ2n) is 4.63. The number of hydrogen-bond donors (Lipinski definition) is 0. The van der Waals surface area contributed by atoms with Gasteiger partial charge in [0.1, 0.15) is 0 Å². The first-order chi connectivity index (χ1) is 6.94. The van der Waals surface area contributed by atoms with Crippen LogP contribution in [0.1, 0.15) is 52.7 Å². The van der Waals surface area contributed by atoms with Crippen molar-refractivity contribution in [1.82, 2.24) is 4.98 Å². The van der Waals surface area contributed by atoms with Crippen molar-refractivity contribution in [2.45, 2.75) is 53.9 Å². The standard InChI is InChI=1S/C12H19N.C2H6/c1-9(2)12(4,5)11-6-10(3)7-13-8-11;1-2/h6-9H,1-5H3;1-2H3. The van der Waals surface area contributed by atoms with Gasteiger partial charge in [0, 0.05) is 12.4 Å². The van der Waals surface area contributed by atoms with Crippen molar-refractivity contribution in [1.29, 1.82) is 0 Å². The van der Waals surface area contributed by atoms with Gasteiger partial charge < -0.3 is 0 Å². The van der Waals surface area contributed by atoms with Gasteiger partial charge in [0.15, 0.2) is 0 Å². The summed E-state index contributed by atoms with van der Waals surface area (Å²) in [5, 5.41) is 0. The van der Waals surface area contributed by atoms with E-state index in [9.17, 15) is 0 Å². The zero-order valence-electron chi connectivity index (χ0n) is 11.3. The third kappa shape index (κ3) is 3.65. The van der Waals surface area contributed by atoms with Crippen molar-refractivity contribution < 1.29 is 0 Å². The van der Waals surface area contributed by atoms with Gasteiger partial charge in [-0.25, -0.2) is 0 Å². The Morgan fingerprint density at radius 3 is 2.07 bits per heavy atom. The predicted molar refractivity (Wildman–Crippen MR) is 68.2 cm³/mol. The quantitative estimate of drug-likeness (QED) is 0.702. The van der Waals surface area contributed by atoms with E-state index >= 15 is 0 Å². The van der Waals surface area contributed by atoms with E-state index in [0.717, 1.165) is 0 Å². The van der Waals surface area contributed by atoms with E-state index in [4.69, 9.17) is 0 Å². The molecule has 1 aromatic rings. The number of aryl methyl sites for hydroxylation is 1. The Morgan fingerprint density at radius 2 is 1.67 bits per heavy atom. The number of hydrogen-bond acceptors (Lipinski definition) is 1. The molecule has 0 aliphatic carbocycles. The second kappa shape index (κ2) is 5.89. The molecule has 0 saturated heterocycles. The zero-order valence-corrected chi connectivity index (χ0v) is 11.3. The molecule has 0 aromatic carbocycles. The summed E-state index contributed by atoms with van der Waals surface area (Å²) in [6, 6.07) is 2.23. The van der Waals surface area contributed by atoms with Crippen LogP contribution in [0.4, 0.5) is 0 Å². The molecule has 0 radical (unpaired) electrons. The first-order valence-electron chi connectivity index (χ1n) is 5.86. The Labute approximate surface area is 94.9 Å². The summed E-state index contributed by atoms with van der Waals surface area (Å²) in [6.07, 6.45) is 3.88. The summed E-state index contributed by atoms with van der Waals surface area (Å²) < 4.78 is 0. The maximum atomic E-state index is 4.23. The van der Waals surface area contributed by atoms with Crippen LogP contribution in [0, 0.1) is 12.8 Å². The van der Waals surface area contributed by atoms with Gasteiger partial charge in [0.05, 0.1) is 0 Å². The fourth-order valence-electron chi connectivity index (χ4n) is 1.24. The third-order valence-electron chi connectivity index (χ3n) is 3.06. The summed E-state index contributed by atoms with van der Waals surface area (Å²) in [5.74, 6) is 0.635. The molecule has 0 spiro atoms. The lowest BCUT2D eigenvalue weighted by Gasteiger charge is -2.29. The Morgan fingerprint density at radius 1 is 1.13 bits per heavy atom. The van der Waals surface area contributed by atoms with Crippen molar-refractivity contribution in [3.8, 4) is 0 Å². The SMILES string of the molecule is CC.Cc1cncc(C(C)(C)C(C)C)c1. The molecule has 1 heteroatoms. The summed E-state index contributed by atoms with van der Waals surface area (Å²) in [6.45, 7) is 15.1. The minimum Gasteiger partial charge on any atom is -0.264 e. The van der Waals surface area contributed by atoms with Crippen LogP contribution < -0.4 is 0 Å². The lowest BCUT2D eigenvalue weighted by molar-refractivity contribution is 0.371. The van der Waals surface area contributed by atoms with E-state index in [1.807, 2.05) is 26.2 Å². The Balaban J connectivity index is 0.000000921. The Bertz CT molecular complexity index is 287. The van der Waals surface area contributed by atoms with Gasteiger partial charge in [-0.2, -0.15) is 0 Å². The average molecular weight is 207 g/mol. The molecule has 86 valence electrons. The molecule has 15 heavy (non-hydrogen) atoms. The number of rotatable bonds is 2. The average Bonchev–Trinajstić information content (AvgIpc) is 2.20. The molecule has 0 bridgehead atoms. The van der Waals surface area contributed by atoms with Gasteiger partial charge in [0.25, 0.3) is 0 Å². The topological polar surface area (TPSA) is 12.9 Å². The van der Waals surface area contributed by atoms with E-state index in [1.165, 1.54) is 11.1 Å². The fraction of sp³-hybridized carbons (Fsp3) is 0.643. The number of aromatic nitrogens is 1. The van der Waals surface area contributed by atoms with E-state index in [2.05, 4.69) is 45.7 Å². The van der Waals surface area contributed by atoms with Crippen LogP contribution in [0.5, 0.6) is 0 Å². The molecular weight excluding hydrogens is 182 g/mol. The smallest absolute Gasteiger partial charge is 0.0305 e. The normalized spacial score (nSPS) is 10.9. The molecule has 0 amide bonds. The van der Waals surface area contributed by atoms with E-state index in [1.54, 1.807) is 0 Å². The molecule has 1 heterocycles. The van der Waals surface area contributed by atoms with Crippen LogP contribution in [0.25, 0.3) is 0 Å². The molecule has 0 aliphatic rings. The third-order valence-corrected chi connectivity index (χ3v) is 3.06. The highest BCUT2D eigenvalue weighted by Crippen LogP contribution is 2.30. The molecule has 1 rings (SSSR count). The highest BCUT2D eigenvalue weighted by Gasteiger charge is 2.24. The Hall–Kier alpha value is -0.850. The Kier molecular flexibility index (Phi) is 5.56. The molecule has 0 N–H and O–H groups in total. The lowest BCUT2D eigenvalue weighted by Crippen LogP contribution is -2.24. The van der Waals surface area contributed by atoms with Gasteiger partial charge in [-0.3, -0.25) is 4.98 Å². The summed E-state index contributed by atoms with van der Waals surface area (Å²) in [5.41, 5.74) is 2.80. The predicted octanol–water partition coefficient (Wildman–Crippen LogP) is 4.35. The van der Waals surface area contributed by atoms with Crippen LogP contribution >= 0.6 is 0 Å². The van der Waals surface area contributed by atoms with Crippen molar-refractivity contribution in [3.63, 3.8) is 0 Å². The van der Waals surface area contributed by atoms with Crippen molar-refractivity contribution in [2.24, 2.45) is 5.92 Å². The van der Waals surface area contributed by atoms with Crippen LogP contribution in [0.15, 0.2) is 18.5 Å². The molecule has 0 aliphatic heterocycles. The van der Waals surface area contributed by atoms with E-state index in [-0.39, 0.29) is 5.41 Å². The van der Waals surface area contributed by atoms with Crippen molar-refractivity contribution >= 4 is 0 Å². The molecule has 0 atom stereocenters. The number of nitrogens with zero attached hydrogens (tertiary/aromatic N) is 1. The van der Waals surface area contributed by atoms with Crippen LogP contribution in [0.3, 0.4) is 0 Å². The van der Waals surface area contributed by atoms with E-state index < -0.39 is 0 Å². The minimum absolute atomic E-state index is 0.221. The van der Waals surface area contributed by atoms with Gasteiger partial charge in [-0.05, 0) is 29.4 Å². The first-order valence-corrected chi connectivity index (χ1v) is 5.86. The van der Waals surface area contributed by atoms with Crippen LogP contribution in [-0.4, -0.2) is 4.98 Å². The zero-order chi connectivity index (χ0) is 12.1. The minimum atomic E-state index is 0.221. The maximum Gasteiger partial charge on any atom is 0.0305 e. The monoisotopic (exact) mass is 207 g/mol. The summed E-state index contributed by atoms with van der Waals surface area (Å²) in [4.78, 5) is 4.23. The highest BCUT2D eigenvalue weighted by atomic mass is 14.6.